The fourth-order valence-electron chi connectivity index (χ4n) is 5.19. The summed E-state index contributed by atoms with van der Waals surface area (Å²) in [6, 6.07) is 19.3. The van der Waals surface area contributed by atoms with Crippen molar-refractivity contribution in [2.45, 2.75) is 52.2 Å². The Kier molecular flexibility index (Phi) is 6.61. The predicted molar refractivity (Wildman–Crippen MR) is 151 cm³/mol. The van der Waals surface area contributed by atoms with Gasteiger partial charge in [-0.25, -0.2) is 9.78 Å². The van der Waals surface area contributed by atoms with Gasteiger partial charge >= 0.3 is 6.09 Å². The fraction of sp³-hybridized carbons (Fsp3) is 0.312. The molecule has 2 saturated carbocycles. The molecule has 8 nitrogen and oxygen atoms in total. The van der Waals surface area contributed by atoms with Crippen molar-refractivity contribution in [1.82, 2.24) is 9.55 Å². The highest BCUT2D eigenvalue weighted by atomic mass is 16.6. The van der Waals surface area contributed by atoms with Gasteiger partial charge in [0, 0.05) is 35.4 Å². The number of rotatable bonds is 8. The number of nitriles is 2. The second kappa shape index (κ2) is 10.4. The molecule has 6 rings (SSSR count). The first-order chi connectivity index (χ1) is 19.4. The second-order valence-corrected chi connectivity index (χ2v) is 10.7. The molecule has 0 unspecified atom stereocenters. The van der Waals surface area contributed by atoms with Crippen LogP contribution < -0.4 is 10.1 Å². The molecular formula is C32H29N5O3. The fourth-order valence-corrected chi connectivity index (χ4v) is 5.19. The maximum atomic E-state index is 12.4. The lowest BCUT2D eigenvalue weighted by atomic mass is 10.0. The number of aryl methyl sites for hydroxylation is 1. The van der Waals surface area contributed by atoms with E-state index in [0.29, 0.717) is 34.4 Å². The normalized spacial score (nSPS) is 15.2. The average molecular weight is 532 g/mol. The van der Waals surface area contributed by atoms with E-state index in [0.717, 1.165) is 60.0 Å². The van der Waals surface area contributed by atoms with Crippen LogP contribution in [-0.2, 0) is 11.3 Å². The molecule has 40 heavy (non-hydrogen) atoms. The van der Waals surface area contributed by atoms with Gasteiger partial charge in [-0.05, 0) is 93.3 Å². The molecule has 2 aliphatic carbocycles. The van der Waals surface area contributed by atoms with E-state index in [1.54, 1.807) is 24.4 Å². The minimum absolute atomic E-state index is 0.0882. The predicted octanol–water partition coefficient (Wildman–Crippen LogP) is 7.30. The van der Waals surface area contributed by atoms with E-state index < -0.39 is 6.09 Å². The summed E-state index contributed by atoms with van der Waals surface area (Å²) in [4.78, 5) is 16.6. The number of ether oxygens (including phenoxy) is 2. The molecule has 0 aliphatic heterocycles. The van der Waals surface area contributed by atoms with Gasteiger partial charge in [0.1, 0.15) is 29.6 Å². The molecule has 2 heterocycles. The highest BCUT2D eigenvalue weighted by molar-refractivity contribution is 5.96. The van der Waals surface area contributed by atoms with Crippen LogP contribution in [0.25, 0.3) is 22.2 Å². The van der Waals surface area contributed by atoms with Crippen LogP contribution in [0, 0.1) is 41.4 Å². The summed E-state index contributed by atoms with van der Waals surface area (Å²) in [6.07, 6.45) is 5.57. The molecule has 200 valence electrons. The smallest absolute Gasteiger partial charge is 0.411 e. The lowest BCUT2D eigenvalue weighted by Gasteiger charge is -2.16. The summed E-state index contributed by atoms with van der Waals surface area (Å²) < 4.78 is 13.7. The lowest BCUT2D eigenvalue weighted by molar-refractivity contribution is 0.108. The number of amides is 1. The van der Waals surface area contributed by atoms with Crippen LogP contribution in [0.2, 0.25) is 0 Å². The Morgan fingerprint density at radius 3 is 2.65 bits per heavy atom. The zero-order valence-corrected chi connectivity index (χ0v) is 22.5. The van der Waals surface area contributed by atoms with Gasteiger partial charge in [0.05, 0.1) is 16.8 Å². The van der Waals surface area contributed by atoms with Crippen molar-refractivity contribution in [1.29, 1.82) is 10.5 Å². The molecule has 1 N–H and O–H groups in total. The Morgan fingerprint density at radius 2 is 1.95 bits per heavy atom. The van der Waals surface area contributed by atoms with Gasteiger partial charge in [0.25, 0.3) is 0 Å². The van der Waals surface area contributed by atoms with Crippen molar-refractivity contribution >= 4 is 22.7 Å². The summed E-state index contributed by atoms with van der Waals surface area (Å²) in [7, 11) is 0. The monoisotopic (exact) mass is 531 g/mol. The SMILES string of the molecule is Cc1cc(NC(=O)O[C@H](C)C2CC2)ccc1-c1c(C#N)c2ccc(Oc3ncccc3C#N)cc2n1CC1CC1. The Morgan fingerprint density at radius 1 is 1.12 bits per heavy atom. The van der Waals surface area contributed by atoms with Gasteiger partial charge in [-0.3, -0.25) is 5.32 Å². The highest BCUT2D eigenvalue weighted by Gasteiger charge is 2.31. The minimum atomic E-state index is -0.452. The van der Waals surface area contributed by atoms with Crippen molar-refractivity contribution in [2.24, 2.45) is 11.8 Å². The summed E-state index contributed by atoms with van der Waals surface area (Å²) in [6.45, 7) is 4.70. The number of pyridine rings is 1. The summed E-state index contributed by atoms with van der Waals surface area (Å²) >= 11 is 0. The number of aromatic nitrogens is 2. The number of fused-ring (bicyclic) bond motifs is 1. The molecular weight excluding hydrogens is 502 g/mol. The Balaban J connectivity index is 1.37. The summed E-state index contributed by atoms with van der Waals surface area (Å²) in [5.74, 6) is 1.81. The van der Waals surface area contributed by atoms with Crippen LogP contribution in [0.5, 0.6) is 11.6 Å². The van der Waals surface area contributed by atoms with Crippen molar-refractivity contribution < 1.29 is 14.3 Å². The van der Waals surface area contributed by atoms with E-state index in [9.17, 15) is 15.3 Å². The summed E-state index contributed by atoms with van der Waals surface area (Å²) in [5.41, 5.74) is 5.21. The topological polar surface area (TPSA) is 113 Å². The van der Waals surface area contributed by atoms with Crippen LogP contribution in [0.15, 0.2) is 54.7 Å². The number of carbonyl (C=O) groups excluding carboxylic acids is 1. The zero-order valence-electron chi connectivity index (χ0n) is 22.5. The number of hydrogen-bond acceptors (Lipinski definition) is 6. The van der Waals surface area contributed by atoms with E-state index >= 15 is 0 Å². The highest BCUT2D eigenvalue weighted by Crippen LogP contribution is 2.41. The number of nitrogens with one attached hydrogen (secondary N) is 1. The molecule has 2 aromatic heterocycles. The molecule has 4 aromatic rings. The van der Waals surface area contributed by atoms with Crippen LogP contribution in [-0.4, -0.2) is 21.7 Å². The molecule has 0 bridgehead atoms. The first kappa shape index (κ1) is 25.5. The number of anilines is 1. The number of carbonyl (C=O) groups is 1. The Hall–Kier alpha value is -4.82. The van der Waals surface area contributed by atoms with E-state index in [2.05, 4.69) is 27.0 Å². The van der Waals surface area contributed by atoms with Crippen LogP contribution in [0.4, 0.5) is 10.5 Å². The van der Waals surface area contributed by atoms with Gasteiger partial charge in [-0.1, -0.05) is 6.07 Å². The molecule has 0 radical (unpaired) electrons. The van der Waals surface area contributed by atoms with E-state index in [1.807, 2.05) is 44.2 Å². The third-order valence-electron chi connectivity index (χ3n) is 7.70. The van der Waals surface area contributed by atoms with Gasteiger partial charge < -0.3 is 14.0 Å². The molecule has 0 spiro atoms. The lowest BCUT2D eigenvalue weighted by Crippen LogP contribution is -2.21. The first-order valence-corrected chi connectivity index (χ1v) is 13.6. The maximum absolute atomic E-state index is 12.4. The molecule has 2 fully saturated rings. The van der Waals surface area contributed by atoms with E-state index in [-0.39, 0.29) is 12.0 Å². The van der Waals surface area contributed by atoms with Crippen molar-refractivity contribution in [2.75, 3.05) is 5.32 Å². The zero-order chi connectivity index (χ0) is 27.8. The van der Waals surface area contributed by atoms with Crippen LogP contribution in [0.1, 0.15) is 49.3 Å². The Labute approximate surface area is 232 Å². The molecule has 1 atom stereocenters. The van der Waals surface area contributed by atoms with Gasteiger partial charge in [0.15, 0.2) is 0 Å². The van der Waals surface area contributed by atoms with Crippen LogP contribution >= 0.6 is 0 Å². The van der Waals surface area contributed by atoms with Crippen molar-refractivity contribution in [3.05, 3.63) is 71.4 Å². The molecule has 8 heteroatoms. The third-order valence-corrected chi connectivity index (χ3v) is 7.70. The molecule has 2 aliphatic rings. The number of hydrogen-bond donors (Lipinski definition) is 1. The van der Waals surface area contributed by atoms with Crippen molar-refractivity contribution in [3.63, 3.8) is 0 Å². The largest absolute Gasteiger partial charge is 0.446 e. The van der Waals surface area contributed by atoms with E-state index in [1.165, 1.54) is 0 Å². The second-order valence-electron chi connectivity index (χ2n) is 10.7. The number of nitrogens with zero attached hydrogens (tertiary/aromatic N) is 4. The molecule has 1 amide bonds. The van der Waals surface area contributed by atoms with E-state index in [4.69, 9.17) is 9.47 Å². The van der Waals surface area contributed by atoms with Crippen LogP contribution in [0.3, 0.4) is 0 Å². The standard InChI is InChI=1S/C32H29N5O3/c1-19-14-24(36-32(38)39-20(2)22-7-8-22)9-11-26(19)30-28(17-34)27-12-10-25(15-29(27)37(30)18-21-5-6-21)40-31-23(16-33)4-3-13-35-31/h3-4,9-15,20-22H,5-8,18H2,1-2H3,(H,36,38)/t20-/m1/s1. The third kappa shape index (κ3) is 5.09. The Bertz CT molecular complexity index is 1700. The quantitative estimate of drug-likeness (QED) is 0.255. The van der Waals surface area contributed by atoms with Gasteiger partial charge in [-0.15, -0.1) is 0 Å². The maximum Gasteiger partial charge on any atom is 0.411 e. The first-order valence-electron chi connectivity index (χ1n) is 13.6. The average Bonchev–Trinajstić information content (AvgIpc) is 3.87. The number of benzene rings is 2. The molecule has 0 saturated heterocycles. The van der Waals surface area contributed by atoms with Gasteiger partial charge in [-0.2, -0.15) is 10.5 Å². The van der Waals surface area contributed by atoms with Gasteiger partial charge in [0.2, 0.25) is 5.88 Å². The minimum Gasteiger partial charge on any atom is -0.446 e. The molecule has 2 aromatic carbocycles. The summed E-state index contributed by atoms with van der Waals surface area (Å²) in [5, 5.41) is 23.4. The van der Waals surface area contributed by atoms with Crippen molar-refractivity contribution in [3.8, 4) is 35.0 Å².